The van der Waals surface area contributed by atoms with Gasteiger partial charge in [0.05, 0.1) is 0 Å². The van der Waals surface area contributed by atoms with E-state index in [2.05, 4.69) is 48.9 Å². The highest BCUT2D eigenvalue weighted by Gasteiger charge is 2.26. The van der Waals surface area contributed by atoms with Gasteiger partial charge in [0.25, 0.3) is 0 Å². The first-order valence-corrected chi connectivity index (χ1v) is 8.13. The lowest BCUT2D eigenvalue weighted by Gasteiger charge is -2.33. The van der Waals surface area contributed by atoms with Crippen LogP contribution in [0.4, 0.5) is 0 Å². The van der Waals surface area contributed by atoms with Crippen molar-refractivity contribution in [3.05, 3.63) is 75.3 Å². The van der Waals surface area contributed by atoms with E-state index in [-0.39, 0.29) is 0 Å². The van der Waals surface area contributed by atoms with Gasteiger partial charge in [-0.25, -0.2) is 0 Å². The number of halogens is 2. The first kappa shape index (κ1) is 15.6. The number of rotatable bonds is 2. The van der Waals surface area contributed by atoms with Gasteiger partial charge in [-0.1, -0.05) is 59.6 Å². The predicted octanol–water partition coefficient (Wildman–Crippen LogP) is 5.60. The molecule has 114 valence electrons. The van der Waals surface area contributed by atoms with Crippen LogP contribution in [-0.2, 0) is 6.54 Å². The minimum atomic E-state index is 0.295. The fourth-order valence-electron chi connectivity index (χ4n) is 3.13. The van der Waals surface area contributed by atoms with E-state index in [1.54, 1.807) is 0 Å². The van der Waals surface area contributed by atoms with Gasteiger partial charge in [-0.05, 0) is 48.4 Å². The monoisotopic (exact) mass is 331 g/mol. The summed E-state index contributed by atoms with van der Waals surface area (Å²) in [5.74, 6) is 0.295. The van der Waals surface area contributed by atoms with Gasteiger partial charge in [0.15, 0.2) is 0 Å². The predicted molar refractivity (Wildman–Crippen MR) is 95.8 cm³/mol. The summed E-state index contributed by atoms with van der Waals surface area (Å²) in [6, 6.07) is 12.5. The van der Waals surface area contributed by atoms with Crippen LogP contribution in [0, 0.1) is 0 Å². The standard InChI is InChI=1S/C19H19Cl2N/c1-12(2)13-4-6-14(7-5-13)17-10-22(3)11-18-16(17)8-15(20)9-19(18)21/h4-9,17H,1,10-11H2,2-3H3. The molecule has 0 radical (unpaired) electrons. The zero-order chi connectivity index (χ0) is 15.9. The van der Waals surface area contributed by atoms with Crippen LogP contribution in [0.5, 0.6) is 0 Å². The molecule has 0 aliphatic carbocycles. The Morgan fingerprint density at radius 3 is 2.50 bits per heavy atom. The molecular formula is C19H19Cl2N. The number of hydrogen-bond donors (Lipinski definition) is 0. The number of nitrogens with zero attached hydrogens (tertiary/aromatic N) is 1. The van der Waals surface area contributed by atoms with Crippen LogP contribution in [0.2, 0.25) is 10.0 Å². The molecule has 2 aromatic rings. The van der Waals surface area contributed by atoms with E-state index in [0.717, 1.165) is 23.7 Å². The number of benzene rings is 2. The van der Waals surface area contributed by atoms with Crippen molar-refractivity contribution in [2.24, 2.45) is 0 Å². The molecule has 0 saturated heterocycles. The summed E-state index contributed by atoms with van der Waals surface area (Å²) in [5.41, 5.74) is 5.99. The van der Waals surface area contributed by atoms with E-state index < -0.39 is 0 Å². The largest absolute Gasteiger partial charge is 0.301 e. The molecule has 0 spiro atoms. The SMILES string of the molecule is C=C(C)c1ccc(C2CN(C)Cc3c(Cl)cc(Cl)cc32)cc1. The fourth-order valence-corrected chi connectivity index (χ4v) is 3.70. The van der Waals surface area contributed by atoms with Crippen molar-refractivity contribution < 1.29 is 0 Å². The average molecular weight is 332 g/mol. The summed E-state index contributed by atoms with van der Waals surface area (Å²) in [6.07, 6.45) is 0. The highest BCUT2D eigenvalue weighted by atomic mass is 35.5. The van der Waals surface area contributed by atoms with Crippen molar-refractivity contribution in [3.63, 3.8) is 0 Å². The van der Waals surface area contributed by atoms with E-state index >= 15 is 0 Å². The van der Waals surface area contributed by atoms with Crippen molar-refractivity contribution in [1.82, 2.24) is 4.90 Å². The smallest absolute Gasteiger partial charge is 0.0468 e. The minimum Gasteiger partial charge on any atom is -0.301 e. The molecule has 0 aromatic heterocycles. The minimum absolute atomic E-state index is 0.295. The van der Waals surface area contributed by atoms with E-state index in [4.69, 9.17) is 23.2 Å². The number of allylic oxidation sites excluding steroid dienone is 1. The van der Waals surface area contributed by atoms with Crippen LogP contribution in [0.15, 0.2) is 43.0 Å². The molecule has 3 heteroatoms. The van der Waals surface area contributed by atoms with Crippen LogP contribution in [0.1, 0.15) is 35.1 Å². The Balaban J connectivity index is 2.06. The molecule has 0 bridgehead atoms. The molecular weight excluding hydrogens is 313 g/mol. The van der Waals surface area contributed by atoms with Crippen molar-refractivity contribution >= 4 is 28.8 Å². The Labute approximate surface area is 142 Å². The number of likely N-dealkylation sites (N-methyl/N-ethyl adjacent to an activating group) is 1. The molecule has 0 saturated carbocycles. The summed E-state index contributed by atoms with van der Waals surface area (Å²) < 4.78 is 0. The lowest BCUT2D eigenvalue weighted by molar-refractivity contribution is 0.295. The molecule has 22 heavy (non-hydrogen) atoms. The van der Waals surface area contributed by atoms with Gasteiger partial charge in [0.1, 0.15) is 0 Å². The Morgan fingerprint density at radius 2 is 1.86 bits per heavy atom. The zero-order valence-electron chi connectivity index (χ0n) is 12.9. The topological polar surface area (TPSA) is 3.24 Å². The highest BCUT2D eigenvalue weighted by molar-refractivity contribution is 6.35. The molecule has 2 aromatic carbocycles. The normalized spacial score (nSPS) is 18.1. The maximum Gasteiger partial charge on any atom is 0.0468 e. The van der Waals surface area contributed by atoms with Crippen LogP contribution in [0.3, 0.4) is 0 Å². The van der Waals surface area contributed by atoms with Gasteiger partial charge >= 0.3 is 0 Å². The summed E-state index contributed by atoms with van der Waals surface area (Å²) in [5, 5.41) is 1.47. The highest BCUT2D eigenvalue weighted by Crippen LogP contribution is 2.38. The number of hydrogen-bond acceptors (Lipinski definition) is 1. The Bertz CT molecular complexity index is 719. The van der Waals surface area contributed by atoms with Crippen molar-refractivity contribution in [3.8, 4) is 0 Å². The summed E-state index contributed by atoms with van der Waals surface area (Å²) in [6.45, 7) is 7.86. The van der Waals surface area contributed by atoms with E-state index in [1.807, 2.05) is 13.0 Å². The van der Waals surface area contributed by atoms with Crippen LogP contribution in [0.25, 0.3) is 5.57 Å². The quantitative estimate of drug-likeness (QED) is 0.691. The third kappa shape index (κ3) is 2.94. The second-order valence-electron chi connectivity index (χ2n) is 6.11. The first-order valence-electron chi connectivity index (χ1n) is 7.38. The van der Waals surface area contributed by atoms with E-state index in [0.29, 0.717) is 10.9 Å². The molecule has 0 N–H and O–H groups in total. The molecule has 1 atom stereocenters. The van der Waals surface area contributed by atoms with Crippen LogP contribution >= 0.6 is 23.2 Å². The molecule has 1 aliphatic heterocycles. The maximum atomic E-state index is 6.41. The second-order valence-corrected chi connectivity index (χ2v) is 6.95. The Morgan fingerprint density at radius 1 is 1.18 bits per heavy atom. The fraction of sp³-hybridized carbons (Fsp3) is 0.263. The van der Waals surface area contributed by atoms with E-state index in [9.17, 15) is 0 Å². The molecule has 1 unspecified atom stereocenters. The van der Waals surface area contributed by atoms with Crippen molar-refractivity contribution in [1.29, 1.82) is 0 Å². The molecule has 0 amide bonds. The summed E-state index contributed by atoms with van der Waals surface area (Å²) >= 11 is 12.6. The van der Waals surface area contributed by atoms with E-state index in [1.165, 1.54) is 22.3 Å². The van der Waals surface area contributed by atoms with Crippen LogP contribution < -0.4 is 0 Å². The van der Waals surface area contributed by atoms with Crippen molar-refractivity contribution in [2.45, 2.75) is 19.4 Å². The molecule has 1 heterocycles. The van der Waals surface area contributed by atoms with Crippen LogP contribution in [-0.4, -0.2) is 18.5 Å². The van der Waals surface area contributed by atoms with Gasteiger partial charge in [-0.2, -0.15) is 0 Å². The van der Waals surface area contributed by atoms with Gasteiger partial charge in [0.2, 0.25) is 0 Å². The molecule has 1 nitrogen and oxygen atoms in total. The lowest BCUT2D eigenvalue weighted by atomic mass is 9.84. The second kappa shape index (κ2) is 6.08. The van der Waals surface area contributed by atoms with Gasteiger partial charge in [-0.3, -0.25) is 0 Å². The van der Waals surface area contributed by atoms with Gasteiger partial charge in [-0.15, -0.1) is 0 Å². The first-order chi connectivity index (χ1) is 10.5. The summed E-state index contributed by atoms with van der Waals surface area (Å²) in [4.78, 5) is 2.31. The van der Waals surface area contributed by atoms with Gasteiger partial charge in [0, 0.05) is 29.1 Å². The third-order valence-electron chi connectivity index (χ3n) is 4.30. The molecule has 0 fully saturated rings. The average Bonchev–Trinajstić information content (AvgIpc) is 2.47. The zero-order valence-corrected chi connectivity index (χ0v) is 14.4. The Kier molecular flexibility index (Phi) is 4.31. The Hall–Kier alpha value is -1.28. The van der Waals surface area contributed by atoms with Gasteiger partial charge < -0.3 is 4.90 Å². The summed E-state index contributed by atoms with van der Waals surface area (Å²) in [7, 11) is 2.13. The third-order valence-corrected chi connectivity index (χ3v) is 4.85. The van der Waals surface area contributed by atoms with Crippen molar-refractivity contribution in [2.75, 3.05) is 13.6 Å². The molecule has 3 rings (SSSR count). The molecule has 1 aliphatic rings. The maximum absolute atomic E-state index is 6.41. The number of fused-ring (bicyclic) bond motifs is 1. The lowest BCUT2D eigenvalue weighted by Crippen LogP contribution is -2.31.